The van der Waals surface area contributed by atoms with Gasteiger partial charge in [-0.2, -0.15) is 0 Å². The van der Waals surface area contributed by atoms with Gasteiger partial charge in [-0.05, 0) is 36.5 Å². The minimum absolute atomic E-state index is 0.285. The summed E-state index contributed by atoms with van der Waals surface area (Å²) in [5.41, 5.74) is 1.25. The Bertz CT molecular complexity index is 540. The van der Waals surface area contributed by atoms with Crippen molar-refractivity contribution in [2.24, 2.45) is 0 Å². The number of nitrogens with one attached hydrogen (secondary N) is 1. The smallest absolute Gasteiger partial charge is 0.332 e. The van der Waals surface area contributed by atoms with Gasteiger partial charge in [0.15, 0.2) is 6.10 Å². The molecular formula is C17H23NO5. The molecule has 1 aliphatic rings. The fourth-order valence-corrected chi connectivity index (χ4v) is 2.42. The fourth-order valence-electron chi connectivity index (χ4n) is 2.42. The number of carbonyl (C=O) groups is 2. The second kappa shape index (κ2) is 7.97. The number of hydrogen-bond acceptors (Lipinski definition) is 4. The van der Waals surface area contributed by atoms with Crippen molar-refractivity contribution in [3.63, 3.8) is 0 Å². The van der Waals surface area contributed by atoms with Crippen molar-refractivity contribution in [2.75, 3.05) is 13.2 Å². The molecular weight excluding hydrogens is 298 g/mol. The van der Waals surface area contributed by atoms with Crippen molar-refractivity contribution < 1.29 is 24.2 Å². The third kappa shape index (κ3) is 4.96. The first kappa shape index (κ1) is 17.3. The van der Waals surface area contributed by atoms with Crippen LogP contribution in [0, 0.1) is 0 Å². The van der Waals surface area contributed by atoms with Gasteiger partial charge in [0, 0.05) is 0 Å². The Labute approximate surface area is 135 Å². The van der Waals surface area contributed by atoms with Crippen LogP contribution in [0.2, 0.25) is 0 Å². The predicted octanol–water partition coefficient (Wildman–Crippen LogP) is 1.94. The van der Waals surface area contributed by atoms with Gasteiger partial charge in [0.25, 0.3) is 0 Å². The van der Waals surface area contributed by atoms with Gasteiger partial charge in [-0.15, -0.1) is 0 Å². The fraction of sp³-hybridized carbons (Fsp3) is 0.529. The van der Waals surface area contributed by atoms with Gasteiger partial charge in [0.05, 0.1) is 6.54 Å². The molecule has 23 heavy (non-hydrogen) atoms. The lowest BCUT2D eigenvalue weighted by Crippen LogP contribution is -2.37. The van der Waals surface area contributed by atoms with Gasteiger partial charge >= 0.3 is 5.97 Å². The highest BCUT2D eigenvalue weighted by atomic mass is 16.5. The van der Waals surface area contributed by atoms with E-state index in [-0.39, 0.29) is 5.91 Å². The highest BCUT2D eigenvalue weighted by Gasteiger charge is 2.34. The lowest BCUT2D eigenvalue weighted by Gasteiger charge is -2.12. The van der Waals surface area contributed by atoms with Gasteiger partial charge in [0.1, 0.15) is 18.5 Å². The average Bonchev–Trinajstić information content (AvgIpc) is 3.02. The van der Waals surface area contributed by atoms with Crippen LogP contribution in [0.25, 0.3) is 0 Å². The summed E-state index contributed by atoms with van der Waals surface area (Å²) in [6.07, 6.45) is -0.755. The molecule has 0 unspecified atom stereocenters. The summed E-state index contributed by atoms with van der Waals surface area (Å²) in [7, 11) is 0. The number of carbonyl (C=O) groups excluding carboxylic acids is 1. The van der Waals surface area contributed by atoms with E-state index in [2.05, 4.69) is 19.2 Å². The molecule has 2 rings (SSSR count). The lowest BCUT2D eigenvalue weighted by atomic mass is 10.0. The molecule has 0 radical (unpaired) electrons. The molecule has 0 saturated carbocycles. The van der Waals surface area contributed by atoms with Crippen molar-refractivity contribution in [1.29, 1.82) is 0 Å². The quantitative estimate of drug-likeness (QED) is 0.750. The molecule has 1 saturated heterocycles. The first-order valence-corrected chi connectivity index (χ1v) is 7.86. The summed E-state index contributed by atoms with van der Waals surface area (Å²) in [6.45, 7) is 4.96. The Morgan fingerprint density at radius 1 is 1.26 bits per heavy atom. The Kier molecular flexibility index (Phi) is 5.98. The van der Waals surface area contributed by atoms with E-state index < -0.39 is 18.2 Å². The minimum Gasteiger partial charge on any atom is -0.492 e. The standard InChI is InChI=1S/C17H23NO5/c1-11(2)12-3-5-13(6-4-12)22-10-9-18-16(19)14-7-8-15(23-14)17(20)21/h3-6,11,14-15H,7-10H2,1-2H3,(H,18,19)(H,20,21)/t14-,15+/m0/s1. The second-order valence-electron chi connectivity index (χ2n) is 5.89. The molecule has 1 amide bonds. The molecule has 1 aromatic carbocycles. The maximum Gasteiger partial charge on any atom is 0.332 e. The van der Waals surface area contributed by atoms with Gasteiger partial charge in [-0.25, -0.2) is 4.79 Å². The van der Waals surface area contributed by atoms with E-state index in [1.807, 2.05) is 24.3 Å². The van der Waals surface area contributed by atoms with E-state index in [1.165, 1.54) is 5.56 Å². The van der Waals surface area contributed by atoms with E-state index in [1.54, 1.807) is 0 Å². The van der Waals surface area contributed by atoms with Crippen molar-refractivity contribution >= 4 is 11.9 Å². The molecule has 6 nitrogen and oxygen atoms in total. The number of carboxylic acid groups (broad SMARTS) is 1. The number of amides is 1. The lowest BCUT2D eigenvalue weighted by molar-refractivity contribution is -0.151. The van der Waals surface area contributed by atoms with Gasteiger partial charge in [-0.3, -0.25) is 4.79 Å². The molecule has 0 aromatic heterocycles. The first-order chi connectivity index (χ1) is 11.0. The zero-order chi connectivity index (χ0) is 16.8. The molecule has 0 bridgehead atoms. The SMILES string of the molecule is CC(C)c1ccc(OCCNC(=O)[C@@H]2CC[C@H](C(=O)O)O2)cc1. The zero-order valence-electron chi connectivity index (χ0n) is 13.5. The van der Waals surface area contributed by atoms with Crippen LogP contribution in [0.4, 0.5) is 0 Å². The average molecular weight is 321 g/mol. The monoisotopic (exact) mass is 321 g/mol. The van der Waals surface area contributed by atoms with E-state index in [4.69, 9.17) is 14.6 Å². The first-order valence-electron chi connectivity index (χ1n) is 7.86. The maximum absolute atomic E-state index is 11.9. The Morgan fingerprint density at radius 3 is 2.48 bits per heavy atom. The molecule has 0 spiro atoms. The van der Waals surface area contributed by atoms with Crippen LogP contribution in [0.3, 0.4) is 0 Å². The summed E-state index contributed by atoms with van der Waals surface area (Å²) < 4.78 is 10.7. The molecule has 1 heterocycles. The van der Waals surface area contributed by atoms with Crippen LogP contribution >= 0.6 is 0 Å². The predicted molar refractivity (Wildman–Crippen MR) is 84.6 cm³/mol. The van der Waals surface area contributed by atoms with E-state index in [0.29, 0.717) is 31.9 Å². The summed E-state index contributed by atoms with van der Waals surface area (Å²) in [4.78, 5) is 22.6. The van der Waals surface area contributed by atoms with Crippen LogP contribution in [0.15, 0.2) is 24.3 Å². The van der Waals surface area contributed by atoms with Crippen LogP contribution in [0.5, 0.6) is 5.75 Å². The molecule has 6 heteroatoms. The van der Waals surface area contributed by atoms with E-state index in [0.717, 1.165) is 5.75 Å². The van der Waals surface area contributed by atoms with Crippen molar-refractivity contribution in [2.45, 2.75) is 44.8 Å². The molecule has 0 aliphatic carbocycles. The van der Waals surface area contributed by atoms with Crippen LogP contribution < -0.4 is 10.1 Å². The van der Waals surface area contributed by atoms with E-state index >= 15 is 0 Å². The van der Waals surface area contributed by atoms with E-state index in [9.17, 15) is 9.59 Å². The molecule has 1 aliphatic heterocycles. The third-order valence-corrected chi connectivity index (χ3v) is 3.80. The number of carboxylic acids is 1. The maximum atomic E-state index is 11.9. The Hall–Kier alpha value is -2.08. The topological polar surface area (TPSA) is 84.9 Å². The minimum atomic E-state index is -1.02. The number of aliphatic carboxylic acids is 1. The summed E-state index contributed by atoms with van der Waals surface area (Å²) >= 11 is 0. The highest BCUT2D eigenvalue weighted by Crippen LogP contribution is 2.20. The number of rotatable bonds is 7. The van der Waals surface area contributed by atoms with Gasteiger partial charge in [0.2, 0.25) is 5.91 Å². The summed E-state index contributed by atoms with van der Waals surface area (Å²) in [6, 6.07) is 7.87. The summed E-state index contributed by atoms with van der Waals surface area (Å²) in [5.74, 6) is -0.0722. The van der Waals surface area contributed by atoms with Gasteiger partial charge in [-0.1, -0.05) is 26.0 Å². The Morgan fingerprint density at radius 2 is 1.91 bits per heavy atom. The largest absolute Gasteiger partial charge is 0.492 e. The number of ether oxygens (including phenoxy) is 2. The Balaban J connectivity index is 1.67. The summed E-state index contributed by atoms with van der Waals surface area (Å²) in [5, 5.41) is 11.5. The third-order valence-electron chi connectivity index (χ3n) is 3.80. The highest BCUT2D eigenvalue weighted by molar-refractivity contribution is 5.82. The second-order valence-corrected chi connectivity index (χ2v) is 5.89. The van der Waals surface area contributed by atoms with Crippen LogP contribution in [0.1, 0.15) is 38.2 Å². The molecule has 2 atom stereocenters. The normalized spacial score (nSPS) is 20.5. The molecule has 2 N–H and O–H groups in total. The molecule has 1 aromatic rings. The van der Waals surface area contributed by atoms with Crippen LogP contribution in [-0.2, 0) is 14.3 Å². The van der Waals surface area contributed by atoms with Gasteiger partial charge < -0.3 is 19.9 Å². The molecule has 126 valence electrons. The zero-order valence-corrected chi connectivity index (χ0v) is 13.5. The van der Waals surface area contributed by atoms with Crippen LogP contribution in [-0.4, -0.2) is 42.3 Å². The van der Waals surface area contributed by atoms with Crippen molar-refractivity contribution in [1.82, 2.24) is 5.32 Å². The molecule has 1 fully saturated rings. The number of benzene rings is 1. The van der Waals surface area contributed by atoms with Crippen molar-refractivity contribution in [3.05, 3.63) is 29.8 Å². The van der Waals surface area contributed by atoms with Crippen molar-refractivity contribution in [3.8, 4) is 5.75 Å². The number of hydrogen-bond donors (Lipinski definition) is 2.